The van der Waals surface area contributed by atoms with Crippen molar-refractivity contribution >= 4 is 27.4 Å². The molecule has 0 N–H and O–H groups in total. The van der Waals surface area contributed by atoms with Crippen molar-refractivity contribution in [1.82, 2.24) is 0 Å². The second kappa shape index (κ2) is 7.40. The molecule has 0 radical (unpaired) electrons. The van der Waals surface area contributed by atoms with E-state index in [2.05, 4.69) is 0 Å². The summed E-state index contributed by atoms with van der Waals surface area (Å²) in [4.78, 5) is 21.0. The molecule has 0 aromatic heterocycles. The summed E-state index contributed by atoms with van der Waals surface area (Å²) in [6, 6.07) is 9.02. The normalized spacial score (nSPS) is 11.0. The van der Waals surface area contributed by atoms with E-state index in [1.807, 2.05) is 0 Å². The second-order valence-corrected chi connectivity index (χ2v) is 7.15. The van der Waals surface area contributed by atoms with Gasteiger partial charge in [-0.25, -0.2) is 8.42 Å². The second-order valence-electron chi connectivity index (χ2n) is 5.29. The number of rotatable bonds is 7. The minimum Gasteiger partial charge on any atom is -0.548 e. The molecule has 0 spiro atoms. The summed E-state index contributed by atoms with van der Waals surface area (Å²) in [6.07, 6.45) is 0. The van der Waals surface area contributed by atoms with E-state index < -0.39 is 32.4 Å². The molecule has 2 aromatic carbocycles. The largest absolute Gasteiger partial charge is 0.548 e. The molecule has 0 saturated heterocycles. The maximum atomic E-state index is 12.9. The Hall–Kier alpha value is -3.14. The standard InChI is InChI=1S/C16H16N2O7S/c1-11-3-8-14(9-15(11)18(21)22)26(23,24)17(10-16(19)20)12-4-6-13(25-2)7-5-12/h3-9H,10H2,1-2H3,(H,19,20)/p-1. The van der Waals surface area contributed by atoms with Crippen LogP contribution in [-0.2, 0) is 14.8 Å². The quantitative estimate of drug-likeness (QED) is 0.515. The lowest BCUT2D eigenvalue weighted by Crippen LogP contribution is -2.41. The number of aliphatic carboxylic acids is 1. The Bertz CT molecular complexity index is 940. The van der Waals surface area contributed by atoms with Gasteiger partial charge in [0.2, 0.25) is 0 Å². The lowest BCUT2D eigenvalue weighted by Gasteiger charge is -2.25. The molecule has 2 aromatic rings. The van der Waals surface area contributed by atoms with Gasteiger partial charge in [0.15, 0.2) is 0 Å². The van der Waals surface area contributed by atoms with Gasteiger partial charge in [0.25, 0.3) is 15.7 Å². The number of hydrogen-bond acceptors (Lipinski definition) is 7. The number of hydrogen-bond donors (Lipinski definition) is 0. The predicted molar refractivity (Wildman–Crippen MR) is 90.4 cm³/mol. The fraction of sp³-hybridized carbons (Fsp3) is 0.188. The molecule has 2 rings (SSSR count). The van der Waals surface area contributed by atoms with Crippen molar-refractivity contribution in [2.24, 2.45) is 0 Å². The van der Waals surface area contributed by atoms with Crippen LogP contribution in [0.1, 0.15) is 5.56 Å². The highest BCUT2D eigenvalue weighted by molar-refractivity contribution is 7.92. The lowest BCUT2D eigenvalue weighted by atomic mass is 10.2. The van der Waals surface area contributed by atoms with E-state index in [4.69, 9.17) is 4.74 Å². The van der Waals surface area contributed by atoms with E-state index in [1.165, 1.54) is 50.4 Å². The highest BCUT2D eigenvalue weighted by Gasteiger charge is 2.27. The molecule has 9 nitrogen and oxygen atoms in total. The summed E-state index contributed by atoms with van der Waals surface area (Å²) in [5, 5.41) is 22.1. The fourth-order valence-electron chi connectivity index (χ4n) is 2.25. The first-order valence-corrected chi connectivity index (χ1v) is 8.72. The third-order valence-electron chi connectivity index (χ3n) is 3.60. The van der Waals surface area contributed by atoms with Crippen LogP contribution in [0.3, 0.4) is 0 Å². The van der Waals surface area contributed by atoms with Crippen molar-refractivity contribution in [2.45, 2.75) is 11.8 Å². The topological polar surface area (TPSA) is 130 Å². The molecule has 138 valence electrons. The van der Waals surface area contributed by atoms with Gasteiger partial charge in [0.1, 0.15) is 5.75 Å². The Labute approximate surface area is 149 Å². The minimum absolute atomic E-state index is 0.0539. The van der Waals surface area contributed by atoms with Crippen molar-refractivity contribution in [3.63, 3.8) is 0 Å². The number of methoxy groups -OCH3 is 1. The van der Waals surface area contributed by atoms with Gasteiger partial charge in [-0.15, -0.1) is 0 Å². The van der Waals surface area contributed by atoms with E-state index in [0.717, 1.165) is 6.07 Å². The summed E-state index contributed by atoms with van der Waals surface area (Å²) in [5.74, 6) is -1.17. The average Bonchev–Trinajstić information content (AvgIpc) is 2.59. The van der Waals surface area contributed by atoms with Crippen molar-refractivity contribution < 1.29 is 28.0 Å². The van der Waals surface area contributed by atoms with Crippen molar-refractivity contribution in [3.05, 3.63) is 58.1 Å². The van der Waals surface area contributed by atoms with E-state index in [1.54, 1.807) is 0 Å². The molecule has 0 saturated carbocycles. The van der Waals surface area contributed by atoms with Gasteiger partial charge in [-0.1, -0.05) is 6.07 Å². The number of nitro benzene ring substituents is 1. The minimum atomic E-state index is -4.37. The maximum absolute atomic E-state index is 12.9. The molecule has 0 fully saturated rings. The number of sulfonamides is 1. The summed E-state index contributed by atoms with van der Waals surface area (Å²) in [6.45, 7) is 0.521. The summed E-state index contributed by atoms with van der Waals surface area (Å²) >= 11 is 0. The zero-order valence-corrected chi connectivity index (χ0v) is 14.7. The van der Waals surface area contributed by atoms with Crippen LogP contribution >= 0.6 is 0 Å². The van der Waals surface area contributed by atoms with E-state index >= 15 is 0 Å². The molecule has 0 unspecified atom stereocenters. The lowest BCUT2D eigenvalue weighted by molar-refractivity contribution is -0.385. The molecular formula is C16H15N2O7S-. The SMILES string of the molecule is COc1ccc(N(CC(=O)[O-])S(=O)(=O)c2ccc(C)c([N+](=O)[O-])c2)cc1. The molecule has 26 heavy (non-hydrogen) atoms. The Morgan fingerprint density at radius 1 is 1.19 bits per heavy atom. The number of benzene rings is 2. The zero-order valence-electron chi connectivity index (χ0n) is 13.9. The van der Waals surface area contributed by atoms with Crippen LogP contribution < -0.4 is 14.1 Å². The van der Waals surface area contributed by atoms with Crippen LogP contribution in [-0.4, -0.2) is 33.0 Å². The Morgan fingerprint density at radius 2 is 1.81 bits per heavy atom. The van der Waals surface area contributed by atoms with Crippen LogP contribution in [0.2, 0.25) is 0 Å². The molecule has 0 amide bonds. The van der Waals surface area contributed by atoms with Crippen LogP contribution in [0.15, 0.2) is 47.4 Å². The first-order chi connectivity index (χ1) is 12.2. The Balaban J connectivity index is 2.57. The van der Waals surface area contributed by atoms with Gasteiger partial charge in [-0.05, 0) is 37.3 Å². The first-order valence-electron chi connectivity index (χ1n) is 7.28. The van der Waals surface area contributed by atoms with Gasteiger partial charge in [0.05, 0.1) is 35.1 Å². The highest BCUT2D eigenvalue weighted by atomic mass is 32.2. The summed E-state index contributed by atoms with van der Waals surface area (Å²) < 4.78 is 31.4. The summed E-state index contributed by atoms with van der Waals surface area (Å²) in [7, 11) is -2.95. The van der Waals surface area contributed by atoms with Crippen LogP contribution in [0, 0.1) is 17.0 Å². The predicted octanol–water partition coefficient (Wildman–Crippen LogP) is 0.857. The fourth-order valence-corrected chi connectivity index (χ4v) is 3.68. The molecular weight excluding hydrogens is 364 g/mol. The third-order valence-corrected chi connectivity index (χ3v) is 5.37. The maximum Gasteiger partial charge on any atom is 0.273 e. The number of aryl methyl sites for hydroxylation is 1. The number of nitro groups is 1. The molecule has 0 atom stereocenters. The van der Waals surface area contributed by atoms with Crippen molar-refractivity contribution in [1.29, 1.82) is 0 Å². The third kappa shape index (κ3) is 3.91. The molecule has 0 aliphatic heterocycles. The van der Waals surface area contributed by atoms with E-state index in [9.17, 15) is 28.4 Å². The van der Waals surface area contributed by atoms with Crippen molar-refractivity contribution in [3.8, 4) is 5.75 Å². The number of carbonyl (C=O) groups is 1. The monoisotopic (exact) mass is 379 g/mol. The summed E-state index contributed by atoms with van der Waals surface area (Å²) in [5.41, 5.74) is -0.0442. The van der Waals surface area contributed by atoms with E-state index in [0.29, 0.717) is 10.1 Å². The number of anilines is 1. The van der Waals surface area contributed by atoms with Gasteiger partial charge >= 0.3 is 0 Å². The first kappa shape index (κ1) is 19.2. The van der Waals surface area contributed by atoms with Crippen LogP contribution in [0.25, 0.3) is 0 Å². The zero-order chi connectivity index (χ0) is 19.5. The number of carbonyl (C=O) groups excluding carboxylic acids is 1. The molecule has 0 heterocycles. The van der Waals surface area contributed by atoms with Gasteiger partial charge in [-0.3, -0.25) is 14.4 Å². The number of nitrogens with zero attached hydrogens (tertiary/aromatic N) is 2. The molecule has 0 aliphatic rings. The number of ether oxygens (including phenoxy) is 1. The number of carboxylic acids is 1. The van der Waals surface area contributed by atoms with Crippen LogP contribution in [0.5, 0.6) is 5.75 Å². The van der Waals surface area contributed by atoms with Crippen LogP contribution in [0.4, 0.5) is 11.4 Å². The van der Waals surface area contributed by atoms with Gasteiger partial charge in [0, 0.05) is 11.6 Å². The Morgan fingerprint density at radius 3 is 2.31 bits per heavy atom. The average molecular weight is 379 g/mol. The van der Waals surface area contributed by atoms with E-state index in [-0.39, 0.29) is 16.9 Å². The van der Waals surface area contributed by atoms with Gasteiger partial charge < -0.3 is 14.6 Å². The van der Waals surface area contributed by atoms with Crippen molar-refractivity contribution in [2.75, 3.05) is 18.0 Å². The molecule has 0 aliphatic carbocycles. The number of carboxylic acid groups (broad SMARTS) is 1. The van der Waals surface area contributed by atoms with Gasteiger partial charge in [-0.2, -0.15) is 0 Å². The molecule has 10 heteroatoms. The smallest absolute Gasteiger partial charge is 0.273 e. The Kier molecular flexibility index (Phi) is 5.46. The highest BCUT2D eigenvalue weighted by Crippen LogP contribution is 2.28. The molecule has 0 bridgehead atoms.